The maximum absolute atomic E-state index is 13.0. The van der Waals surface area contributed by atoms with Gasteiger partial charge >= 0.3 is 0 Å². The van der Waals surface area contributed by atoms with Gasteiger partial charge in [-0.1, -0.05) is 23.2 Å². The number of fused-ring (bicyclic) bond motifs is 1. The molecule has 1 atom stereocenters. The van der Waals surface area contributed by atoms with Crippen LogP contribution in [0.15, 0.2) is 24.3 Å². The third kappa shape index (κ3) is 4.07. The smallest absolute Gasteiger partial charge is 0.202 e. The number of ether oxygens (including phenoxy) is 2. The molecule has 0 aliphatic carbocycles. The first-order valence-electron chi connectivity index (χ1n) is 10.0. The Hall–Kier alpha value is -2.08. The van der Waals surface area contributed by atoms with Crippen LogP contribution in [0.25, 0.3) is 10.9 Å². The number of carbonyl (C=O) groups is 1. The Balaban J connectivity index is 1.56. The number of ketones is 1. The zero-order chi connectivity index (χ0) is 21.4. The van der Waals surface area contributed by atoms with Gasteiger partial charge in [-0.2, -0.15) is 0 Å². The Morgan fingerprint density at radius 3 is 2.77 bits per heavy atom. The summed E-state index contributed by atoms with van der Waals surface area (Å²) in [5.74, 6) is 0.273. The van der Waals surface area contributed by atoms with E-state index >= 15 is 0 Å². The number of pyridine rings is 1. The minimum absolute atomic E-state index is 0.103. The second-order valence-electron chi connectivity index (χ2n) is 7.76. The van der Waals surface area contributed by atoms with Crippen LogP contribution >= 0.6 is 23.2 Å². The van der Waals surface area contributed by atoms with Gasteiger partial charge in [0.05, 0.1) is 16.1 Å². The molecule has 0 N–H and O–H groups in total. The predicted octanol–water partition coefficient (Wildman–Crippen LogP) is 5.71. The fraction of sp³-hybridized carbons (Fsp3) is 0.391. The van der Waals surface area contributed by atoms with Crippen molar-refractivity contribution in [1.29, 1.82) is 0 Å². The van der Waals surface area contributed by atoms with Gasteiger partial charge in [-0.25, -0.2) is 4.98 Å². The van der Waals surface area contributed by atoms with E-state index in [1.807, 2.05) is 39.0 Å². The highest BCUT2D eigenvalue weighted by atomic mass is 35.5. The number of aryl methyl sites for hydroxylation is 2. The van der Waals surface area contributed by atoms with Crippen molar-refractivity contribution in [2.45, 2.75) is 46.3 Å². The van der Waals surface area contributed by atoms with Crippen LogP contribution < -0.4 is 4.74 Å². The summed E-state index contributed by atoms with van der Waals surface area (Å²) in [7, 11) is 0. The van der Waals surface area contributed by atoms with Gasteiger partial charge in [-0.05, 0) is 57.9 Å². The first-order valence-corrected chi connectivity index (χ1v) is 10.8. The van der Waals surface area contributed by atoms with E-state index in [9.17, 15) is 4.79 Å². The standard InChI is InChI=1S/C23H24Cl2N2O3/c1-13-6-7-17-19(24)10-20(25)23(22(17)26-13)30-12-21(28)18-9-14(2)27(15(18)3)11-16-5-4-8-29-16/h6-7,9-10,16H,4-5,8,11-12H2,1-3H3. The lowest BCUT2D eigenvalue weighted by Gasteiger charge is -2.15. The molecule has 3 aromatic rings. The third-order valence-electron chi connectivity index (χ3n) is 5.61. The topological polar surface area (TPSA) is 53.4 Å². The zero-order valence-electron chi connectivity index (χ0n) is 17.3. The molecular weight excluding hydrogens is 423 g/mol. The molecule has 1 aliphatic heterocycles. The second-order valence-corrected chi connectivity index (χ2v) is 8.57. The van der Waals surface area contributed by atoms with Gasteiger partial charge in [0.15, 0.2) is 12.4 Å². The minimum Gasteiger partial charge on any atom is -0.482 e. The van der Waals surface area contributed by atoms with E-state index in [2.05, 4.69) is 9.55 Å². The van der Waals surface area contributed by atoms with E-state index in [0.717, 1.165) is 48.5 Å². The largest absolute Gasteiger partial charge is 0.482 e. The van der Waals surface area contributed by atoms with Gasteiger partial charge in [0.1, 0.15) is 5.52 Å². The molecule has 2 aromatic heterocycles. The van der Waals surface area contributed by atoms with Crippen molar-refractivity contribution in [3.8, 4) is 5.75 Å². The summed E-state index contributed by atoms with van der Waals surface area (Å²) in [5.41, 5.74) is 4.00. The second kappa shape index (κ2) is 8.58. The number of hydrogen-bond donors (Lipinski definition) is 0. The van der Waals surface area contributed by atoms with Gasteiger partial charge < -0.3 is 14.0 Å². The first kappa shape index (κ1) is 21.2. The van der Waals surface area contributed by atoms with Crippen LogP contribution in [0.2, 0.25) is 10.0 Å². The van der Waals surface area contributed by atoms with E-state index in [1.54, 1.807) is 6.07 Å². The molecule has 1 aromatic carbocycles. The molecule has 1 unspecified atom stereocenters. The molecule has 0 amide bonds. The quantitative estimate of drug-likeness (QED) is 0.455. The lowest BCUT2D eigenvalue weighted by atomic mass is 10.1. The van der Waals surface area contributed by atoms with E-state index in [1.165, 1.54) is 0 Å². The summed E-state index contributed by atoms with van der Waals surface area (Å²) < 4.78 is 13.8. The summed E-state index contributed by atoms with van der Waals surface area (Å²) in [6.07, 6.45) is 2.35. The minimum atomic E-state index is -0.129. The van der Waals surface area contributed by atoms with Crippen molar-refractivity contribution < 1.29 is 14.3 Å². The molecule has 0 saturated carbocycles. The van der Waals surface area contributed by atoms with Gasteiger partial charge in [-0.3, -0.25) is 4.79 Å². The van der Waals surface area contributed by atoms with Crippen molar-refractivity contribution in [3.05, 3.63) is 57.0 Å². The van der Waals surface area contributed by atoms with E-state index in [-0.39, 0.29) is 18.5 Å². The molecule has 1 fully saturated rings. The highest BCUT2D eigenvalue weighted by molar-refractivity contribution is 6.39. The fourth-order valence-corrected chi connectivity index (χ4v) is 4.57. The number of nitrogens with zero attached hydrogens (tertiary/aromatic N) is 2. The summed E-state index contributed by atoms with van der Waals surface area (Å²) in [6, 6.07) is 7.29. The summed E-state index contributed by atoms with van der Waals surface area (Å²) in [5, 5.41) is 1.57. The van der Waals surface area contributed by atoms with E-state index in [0.29, 0.717) is 26.9 Å². The molecule has 0 bridgehead atoms. The molecule has 0 spiro atoms. The fourth-order valence-electron chi connectivity index (χ4n) is 4.00. The Bertz CT molecular complexity index is 1120. The molecule has 5 nitrogen and oxygen atoms in total. The van der Waals surface area contributed by atoms with E-state index in [4.69, 9.17) is 32.7 Å². The van der Waals surface area contributed by atoms with Crippen LogP contribution in [0.1, 0.15) is 40.3 Å². The molecule has 158 valence electrons. The van der Waals surface area contributed by atoms with Crippen LogP contribution in [0.3, 0.4) is 0 Å². The van der Waals surface area contributed by atoms with Crippen molar-refractivity contribution in [2.24, 2.45) is 0 Å². The summed E-state index contributed by atoms with van der Waals surface area (Å²) >= 11 is 12.7. The van der Waals surface area contributed by atoms with Crippen LogP contribution in [0, 0.1) is 20.8 Å². The molecule has 1 saturated heterocycles. The monoisotopic (exact) mass is 446 g/mol. The van der Waals surface area contributed by atoms with Gasteiger partial charge in [0, 0.05) is 41.2 Å². The number of carbonyl (C=O) groups excluding carboxylic acids is 1. The first-order chi connectivity index (χ1) is 14.3. The van der Waals surface area contributed by atoms with Crippen molar-refractivity contribution in [3.63, 3.8) is 0 Å². The summed E-state index contributed by atoms with van der Waals surface area (Å²) in [4.78, 5) is 17.5. The molecule has 30 heavy (non-hydrogen) atoms. The Morgan fingerprint density at radius 2 is 2.03 bits per heavy atom. The highest BCUT2D eigenvalue weighted by Crippen LogP contribution is 2.37. The van der Waals surface area contributed by atoms with Gasteiger partial charge in [-0.15, -0.1) is 0 Å². The van der Waals surface area contributed by atoms with Crippen molar-refractivity contribution >= 4 is 39.9 Å². The number of Topliss-reactive ketones (excluding diaryl/α,β-unsaturated/α-hetero) is 1. The maximum atomic E-state index is 13.0. The van der Waals surface area contributed by atoms with Crippen molar-refractivity contribution in [2.75, 3.05) is 13.2 Å². The average molecular weight is 447 g/mol. The predicted molar refractivity (Wildman–Crippen MR) is 119 cm³/mol. The number of rotatable bonds is 6. The molecular formula is C23H24Cl2N2O3. The van der Waals surface area contributed by atoms with Crippen LogP contribution in [0.4, 0.5) is 0 Å². The summed E-state index contributed by atoms with van der Waals surface area (Å²) in [6.45, 7) is 7.30. The van der Waals surface area contributed by atoms with Gasteiger partial charge in [0.2, 0.25) is 5.78 Å². The third-order valence-corrected chi connectivity index (χ3v) is 6.20. The Morgan fingerprint density at radius 1 is 1.23 bits per heavy atom. The maximum Gasteiger partial charge on any atom is 0.202 e. The lowest BCUT2D eigenvalue weighted by molar-refractivity contribution is 0.0915. The number of aromatic nitrogens is 2. The van der Waals surface area contributed by atoms with Crippen LogP contribution in [-0.2, 0) is 11.3 Å². The van der Waals surface area contributed by atoms with Crippen molar-refractivity contribution in [1.82, 2.24) is 9.55 Å². The number of benzene rings is 1. The molecule has 0 radical (unpaired) electrons. The highest BCUT2D eigenvalue weighted by Gasteiger charge is 2.22. The zero-order valence-corrected chi connectivity index (χ0v) is 18.8. The SMILES string of the molecule is Cc1ccc2c(Cl)cc(Cl)c(OCC(=O)c3cc(C)n(CC4CCCO4)c3C)c2n1. The van der Waals surface area contributed by atoms with Gasteiger partial charge in [0.25, 0.3) is 0 Å². The molecule has 1 aliphatic rings. The number of halogens is 2. The number of hydrogen-bond acceptors (Lipinski definition) is 4. The van der Waals surface area contributed by atoms with Crippen LogP contribution in [0.5, 0.6) is 5.75 Å². The molecule has 4 rings (SSSR count). The normalized spacial score (nSPS) is 16.4. The Kier molecular flexibility index (Phi) is 6.05. The average Bonchev–Trinajstić information content (AvgIpc) is 3.31. The lowest BCUT2D eigenvalue weighted by Crippen LogP contribution is -2.18. The molecule has 3 heterocycles. The van der Waals surface area contributed by atoms with Crippen LogP contribution in [-0.4, -0.2) is 34.7 Å². The molecule has 7 heteroatoms. The van der Waals surface area contributed by atoms with E-state index < -0.39 is 0 Å². The Labute approximate surface area is 185 Å².